The Kier molecular flexibility index (Phi) is 4.06. The first kappa shape index (κ1) is 14.8. The molecule has 1 amide bonds. The Balaban J connectivity index is 2.33. The fraction of sp³-hybridized carbons (Fsp3) is 0.385. The van der Waals surface area contributed by atoms with Crippen molar-refractivity contribution in [1.82, 2.24) is 4.90 Å². The van der Waals surface area contributed by atoms with Crippen LogP contribution < -0.4 is 4.74 Å². The molecule has 1 heterocycles. The normalized spacial score (nSPS) is 17.6. The molecule has 1 aliphatic rings. The third kappa shape index (κ3) is 2.78. The summed E-state index contributed by atoms with van der Waals surface area (Å²) in [6, 6.07) is 2.96. The molecule has 8 heteroatoms. The molecule has 0 unspecified atom stereocenters. The summed E-state index contributed by atoms with van der Waals surface area (Å²) in [5.41, 5.74) is -0.245. The number of ether oxygens (including phenoxy) is 1. The first-order valence-corrected chi connectivity index (χ1v) is 6.32. The maximum atomic E-state index is 12.3. The fourth-order valence-corrected chi connectivity index (χ4v) is 2.40. The molecule has 1 fully saturated rings. The summed E-state index contributed by atoms with van der Waals surface area (Å²) < 4.78 is 4.87. The molecule has 1 aliphatic heterocycles. The zero-order chi connectivity index (χ0) is 15.6. The summed E-state index contributed by atoms with van der Waals surface area (Å²) in [6.45, 7) is 0.329. The van der Waals surface area contributed by atoms with Crippen LogP contribution in [-0.2, 0) is 4.79 Å². The van der Waals surface area contributed by atoms with Crippen molar-refractivity contribution >= 4 is 17.6 Å². The lowest BCUT2D eigenvalue weighted by atomic mass is 10.1. The van der Waals surface area contributed by atoms with Gasteiger partial charge >= 0.3 is 11.7 Å². The predicted molar refractivity (Wildman–Crippen MR) is 71.3 cm³/mol. The van der Waals surface area contributed by atoms with E-state index in [1.807, 2.05) is 0 Å². The van der Waals surface area contributed by atoms with Crippen molar-refractivity contribution in [2.75, 3.05) is 13.7 Å². The molecule has 8 nitrogen and oxygen atoms in total. The second-order valence-electron chi connectivity index (χ2n) is 4.64. The van der Waals surface area contributed by atoms with Crippen LogP contribution in [-0.4, -0.2) is 46.5 Å². The second kappa shape index (κ2) is 5.78. The minimum absolute atomic E-state index is 0.0488. The van der Waals surface area contributed by atoms with Gasteiger partial charge in [-0.2, -0.15) is 0 Å². The molecule has 0 spiro atoms. The van der Waals surface area contributed by atoms with E-state index in [4.69, 9.17) is 9.84 Å². The van der Waals surface area contributed by atoms with Crippen LogP contribution in [0.2, 0.25) is 0 Å². The van der Waals surface area contributed by atoms with Crippen LogP contribution in [0.4, 0.5) is 5.69 Å². The number of methoxy groups -OCH3 is 1. The van der Waals surface area contributed by atoms with Crippen molar-refractivity contribution < 1.29 is 24.4 Å². The second-order valence-corrected chi connectivity index (χ2v) is 4.64. The number of likely N-dealkylation sites (tertiary alicyclic amines) is 1. The molecule has 0 aliphatic carbocycles. The van der Waals surface area contributed by atoms with Crippen molar-refractivity contribution in [2.24, 2.45) is 0 Å². The number of carboxylic acid groups (broad SMARTS) is 1. The van der Waals surface area contributed by atoms with Crippen molar-refractivity contribution in [3.63, 3.8) is 0 Å². The summed E-state index contributed by atoms with van der Waals surface area (Å²) in [5, 5.41) is 20.0. The molecular weight excluding hydrogens is 280 g/mol. The van der Waals surface area contributed by atoms with Gasteiger partial charge in [-0.25, -0.2) is 4.79 Å². The first-order chi connectivity index (χ1) is 9.95. The molecule has 0 radical (unpaired) electrons. The van der Waals surface area contributed by atoms with Gasteiger partial charge in [0.15, 0.2) is 5.75 Å². The Morgan fingerprint density at radius 3 is 2.76 bits per heavy atom. The zero-order valence-electron chi connectivity index (χ0n) is 11.3. The Labute approximate surface area is 120 Å². The zero-order valence-corrected chi connectivity index (χ0v) is 11.3. The van der Waals surface area contributed by atoms with E-state index in [1.165, 1.54) is 24.1 Å². The predicted octanol–water partition coefficient (Wildman–Crippen LogP) is 1.29. The van der Waals surface area contributed by atoms with E-state index >= 15 is 0 Å². The van der Waals surface area contributed by atoms with Gasteiger partial charge in [-0.15, -0.1) is 0 Å². The number of carbonyl (C=O) groups excluding carboxylic acids is 1. The van der Waals surface area contributed by atoms with Crippen molar-refractivity contribution in [2.45, 2.75) is 18.9 Å². The number of nitrogens with zero attached hydrogens (tertiary/aromatic N) is 2. The van der Waals surface area contributed by atoms with E-state index in [0.29, 0.717) is 19.4 Å². The third-order valence-corrected chi connectivity index (χ3v) is 3.42. The van der Waals surface area contributed by atoms with Gasteiger partial charge in [0.05, 0.1) is 12.0 Å². The monoisotopic (exact) mass is 294 g/mol. The van der Waals surface area contributed by atoms with E-state index in [0.717, 1.165) is 6.07 Å². The van der Waals surface area contributed by atoms with Crippen LogP contribution in [0.3, 0.4) is 0 Å². The molecule has 0 aromatic heterocycles. The van der Waals surface area contributed by atoms with Gasteiger partial charge in [-0.05, 0) is 25.0 Å². The highest BCUT2D eigenvalue weighted by Gasteiger charge is 2.35. The smallest absolute Gasteiger partial charge is 0.326 e. The molecule has 1 atom stereocenters. The van der Waals surface area contributed by atoms with Crippen molar-refractivity contribution in [1.29, 1.82) is 0 Å². The van der Waals surface area contributed by atoms with E-state index in [2.05, 4.69) is 0 Å². The molecule has 21 heavy (non-hydrogen) atoms. The minimum atomic E-state index is -1.07. The number of amides is 1. The van der Waals surface area contributed by atoms with Crippen molar-refractivity contribution in [3.8, 4) is 5.75 Å². The molecule has 0 bridgehead atoms. The fourth-order valence-electron chi connectivity index (χ4n) is 2.40. The summed E-state index contributed by atoms with van der Waals surface area (Å²) in [6.07, 6.45) is 0.986. The van der Waals surface area contributed by atoms with Gasteiger partial charge in [-0.1, -0.05) is 0 Å². The lowest BCUT2D eigenvalue weighted by Gasteiger charge is -2.21. The van der Waals surface area contributed by atoms with Crippen LogP contribution in [0.25, 0.3) is 0 Å². The summed E-state index contributed by atoms with van der Waals surface area (Å²) in [5.74, 6) is -1.54. The summed E-state index contributed by atoms with van der Waals surface area (Å²) >= 11 is 0. The molecule has 1 saturated heterocycles. The van der Waals surface area contributed by atoms with Gasteiger partial charge in [0.25, 0.3) is 5.91 Å². The number of aliphatic carboxylic acids is 1. The van der Waals surface area contributed by atoms with Crippen LogP contribution in [0.5, 0.6) is 5.75 Å². The minimum Gasteiger partial charge on any atom is -0.490 e. The molecule has 112 valence electrons. The van der Waals surface area contributed by atoms with E-state index < -0.39 is 22.8 Å². The number of rotatable bonds is 4. The number of hydrogen-bond donors (Lipinski definition) is 1. The molecule has 1 aromatic carbocycles. The van der Waals surface area contributed by atoms with Crippen LogP contribution >= 0.6 is 0 Å². The quantitative estimate of drug-likeness (QED) is 0.662. The highest BCUT2D eigenvalue weighted by Crippen LogP contribution is 2.29. The highest BCUT2D eigenvalue weighted by molar-refractivity contribution is 5.97. The standard InChI is InChI=1S/C13H14N2O6/c1-21-11-5-4-8(7-10(11)15(19)20)12(16)14-6-2-3-9(14)13(17)18/h4-5,7,9H,2-3,6H2,1H3,(H,17,18)/t9-/m1/s1. The van der Waals surface area contributed by atoms with Crippen LogP contribution in [0, 0.1) is 10.1 Å². The third-order valence-electron chi connectivity index (χ3n) is 3.42. The Hall–Kier alpha value is -2.64. The van der Waals surface area contributed by atoms with Gasteiger partial charge in [0.2, 0.25) is 0 Å². The van der Waals surface area contributed by atoms with Gasteiger partial charge in [-0.3, -0.25) is 14.9 Å². The highest BCUT2D eigenvalue weighted by atomic mass is 16.6. The molecule has 2 rings (SSSR count). The number of nitro benzene ring substituents is 1. The first-order valence-electron chi connectivity index (χ1n) is 6.32. The molecule has 1 N–H and O–H groups in total. The van der Waals surface area contributed by atoms with Gasteiger partial charge in [0, 0.05) is 18.2 Å². The number of benzene rings is 1. The topological polar surface area (TPSA) is 110 Å². The maximum Gasteiger partial charge on any atom is 0.326 e. The summed E-state index contributed by atoms with van der Waals surface area (Å²) in [7, 11) is 1.30. The van der Waals surface area contributed by atoms with E-state index in [1.54, 1.807) is 0 Å². The average Bonchev–Trinajstić information content (AvgIpc) is 2.95. The number of hydrogen-bond acceptors (Lipinski definition) is 5. The Bertz CT molecular complexity index is 600. The number of carbonyl (C=O) groups is 2. The summed E-state index contributed by atoms with van der Waals surface area (Å²) in [4.78, 5) is 35.0. The Morgan fingerprint density at radius 1 is 1.48 bits per heavy atom. The van der Waals surface area contributed by atoms with E-state index in [-0.39, 0.29) is 17.0 Å². The van der Waals surface area contributed by atoms with Crippen LogP contribution in [0.1, 0.15) is 23.2 Å². The lowest BCUT2D eigenvalue weighted by molar-refractivity contribution is -0.385. The maximum absolute atomic E-state index is 12.3. The SMILES string of the molecule is COc1ccc(C(=O)N2CCC[C@@H]2C(=O)O)cc1[N+](=O)[O-]. The van der Waals surface area contributed by atoms with Gasteiger partial charge < -0.3 is 14.7 Å². The Morgan fingerprint density at radius 2 is 2.19 bits per heavy atom. The number of carboxylic acids is 1. The molecular formula is C13H14N2O6. The molecule has 0 saturated carbocycles. The average molecular weight is 294 g/mol. The number of nitro groups is 1. The van der Waals surface area contributed by atoms with Crippen molar-refractivity contribution in [3.05, 3.63) is 33.9 Å². The van der Waals surface area contributed by atoms with Gasteiger partial charge in [0.1, 0.15) is 6.04 Å². The molecule has 1 aromatic rings. The largest absolute Gasteiger partial charge is 0.490 e. The van der Waals surface area contributed by atoms with Crippen LogP contribution in [0.15, 0.2) is 18.2 Å². The lowest BCUT2D eigenvalue weighted by Crippen LogP contribution is -2.40. The van der Waals surface area contributed by atoms with E-state index in [9.17, 15) is 19.7 Å².